The van der Waals surface area contributed by atoms with Crippen LogP contribution in [-0.2, 0) is 4.79 Å². The lowest BCUT2D eigenvalue weighted by atomic mass is 9.62. The average molecular weight is 282 g/mol. The van der Waals surface area contributed by atoms with E-state index in [9.17, 15) is 15.0 Å². The Morgan fingerprint density at radius 1 is 1.30 bits per heavy atom. The van der Waals surface area contributed by atoms with E-state index in [0.29, 0.717) is 24.7 Å². The number of ketones is 1. The molecule has 2 aliphatic carbocycles. The van der Waals surface area contributed by atoms with E-state index in [-0.39, 0.29) is 23.0 Å². The molecule has 2 aliphatic rings. The van der Waals surface area contributed by atoms with Crippen LogP contribution in [0.4, 0.5) is 0 Å². The highest BCUT2D eigenvalue weighted by Gasteiger charge is 2.70. The Labute approximate surface area is 122 Å². The normalized spacial score (nSPS) is 40.3. The van der Waals surface area contributed by atoms with Gasteiger partial charge in [0, 0.05) is 11.8 Å². The summed E-state index contributed by atoms with van der Waals surface area (Å²) >= 11 is 0. The maximum Gasteiger partial charge on any atom is 0.167 e. The summed E-state index contributed by atoms with van der Waals surface area (Å²) in [7, 11) is 0. The van der Waals surface area contributed by atoms with Crippen LogP contribution in [0.3, 0.4) is 0 Å². The molecule has 3 nitrogen and oxygen atoms in total. The zero-order valence-corrected chi connectivity index (χ0v) is 13.6. The van der Waals surface area contributed by atoms with Crippen LogP contribution in [0.1, 0.15) is 66.7 Å². The topological polar surface area (TPSA) is 57.5 Å². The van der Waals surface area contributed by atoms with Gasteiger partial charge in [-0.1, -0.05) is 34.6 Å². The number of rotatable bonds is 5. The highest BCUT2D eigenvalue weighted by molar-refractivity contribution is 5.89. The smallest absolute Gasteiger partial charge is 0.167 e. The van der Waals surface area contributed by atoms with Crippen LogP contribution in [0.2, 0.25) is 0 Å². The molecule has 20 heavy (non-hydrogen) atoms. The molecule has 2 fully saturated rings. The van der Waals surface area contributed by atoms with Crippen LogP contribution in [0, 0.1) is 22.7 Å². The summed E-state index contributed by atoms with van der Waals surface area (Å²) in [6.07, 6.45) is 2.67. The number of carbonyl (C=O) groups is 1. The molecule has 0 heterocycles. The third kappa shape index (κ3) is 2.05. The third-order valence-electron chi connectivity index (χ3n) is 6.52. The highest BCUT2D eigenvalue weighted by atomic mass is 16.3. The number of aliphatic hydroxyl groups excluding tert-OH is 1. The van der Waals surface area contributed by atoms with E-state index in [4.69, 9.17) is 0 Å². The van der Waals surface area contributed by atoms with E-state index in [1.807, 2.05) is 13.8 Å². The molecule has 116 valence electrons. The molecule has 0 aromatic rings. The molecule has 2 rings (SSSR count). The van der Waals surface area contributed by atoms with Gasteiger partial charge in [0.15, 0.2) is 5.78 Å². The van der Waals surface area contributed by atoms with Gasteiger partial charge in [-0.2, -0.15) is 0 Å². The Morgan fingerprint density at radius 3 is 2.30 bits per heavy atom. The van der Waals surface area contributed by atoms with Crippen molar-refractivity contribution in [2.75, 3.05) is 0 Å². The highest BCUT2D eigenvalue weighted by Crippen LogP contribution is 2.69. The Kier molecular flexibility index (Phi) is 3.84. The van der Waals surface area contributed by atoms with E-state index in [1.165, 1.54) is 0 Å². The van der Waals surface area contributed by atoms with Crippen LogP contribution in [-0.4, -0.2) is 27.7 Å². The minimum absolute atomic E-state index is 0.000407. The average Bonchev–Trinajstić information content (AvgIpc) is 2.59. The number of hydrogen-bond donors (Lipinski definition) is 2. The summed E-state index contributed by atoms with van der Waals surface area (Å²) in [5.41, 5.74) is -1.59. The van der Waals surface area contributed by atoms with E-state index in [0.717, 1.165) is 12.8 Å². The molecule has 0 radical (unpaired) electrons. The van der Waals surface area contributed by atoms with E-state index in [1.54, 1.807) is 0 Å². The molecule has 0 amide bonds. The van der Waals surface area contributed by atoms with Gasteiger partial charge in [0.2, 0.25) is 0 Å². The molecule has 3 heteroatoms. The fraction of sp³-hybridized carbons (Fsp3) is 0.941. The molecule has 2 bridgehead atoms. The minimum atomic E-state index is -1.24. The van der Waals surface area contributed by atoms with E-state index >= 15 is 0 Å². The molecule has 0 unspecified atom stereocenters. The Morgan fingerprint density at radius 2 is 1.90 bits per heavy atom. The summed E-state index contributed by atoms with van der Waals surface area (Å²) in [6, 6.07) is 0. The summed E-state index contributed by atoms with van der Waals surface area (Å²) in [6.45, 7) is 10.5. The second-order valence-corrected chi connectivity index (χ2v) is 8.26. The fourth-order valence-electron chi connectivity index (χ4n) is 4.71. The number of Topliss-reactive ketones (excluding diaryl/α,β-unsaturated/α-hetero) is 1. The molecular formula is C17H30O3. The molecule has 0 aliphatic heterocycles. The van der Waals surface area contributed by atoms with Gasteiger partial charge in [0.1, 0.15) is 5.60 Å². The van der Waals surface area contributed by atoms with Crippen molar-refractivity contribution in [3.05, 3.63) is 0 Å². The van der Waals surface area contributed by atoms with Gasteiger partial charge in [-0.15, -0.1) is 0 Å². The first-order valence-electron chi connectivity index (χ1n) is 7.98. The number of fused-ring (bicyclic) bond motifs is 2. The summed E-state index contributed by atoms with van der Waals surface area (Å²) in [5, 5.41) is 21.1. The van der Waals surface area contributed by atoms with Crippen molar-refractivity contribution >= 4 is 5.78 Å². The standard InChI is InChI=1S/C17H30O3/c1-11(2)8-13(18)9-14(19)17(20)10-12-6-7-16(17,5)15(12,3)4/h11-13,18,20H,6-10H2,1-5H3/t12-,13-,16-,17+/m1/s1. The van der Waals surface area contributed by atoms with E-state index < -0.39 is 11.7 Å². The Hall–Kier alpha value is -0.410. The van der Waals surface area contributed by atoms with Crippen molar-refractivity contribution in [3.63, 3.8) is 0 Å². The molecule has 4 atom stereocenters. The van der Waals surface area contributed by atoms with Crippen molar-refractivity contribution in [1.29, 1.82) is 0 Å². The van der Waals surface area contributed by atoms with Crippen LogP contribution >= 0.6 is 0 Å². The van der Waals surface area contributed by atoms with Crippen molar-refractivity contribution in [2.45, 2.75) is 78.4 Å². The maximum atomic E-state index is 12.6. The summed E-state index contributed by atoms with van der Waals surface area (Å²) in [5.74, 6) is 0.631. The summed E-state index contributed by atoms with van der Waals surface area (Å²) in [4.78, 5) is 12.6. The SMILES string of the molecule is CC(C)C[C@@H](O)CC(=O)[C@@]1(O)C[C@H]2CC[C@]1(C)C2(C)C. The van der Waals surface area contributed by atoms with Crippen molar-refractivity contribution in [3.8, 4) is 0 Å². The summed E-state index contributed by atoms with van der Waals surface area (Å²) < 4.78 is 0. The largest absolute Gasteiger partial charge is 0.393 e. The third-order valence-corrected chi connectivity index (χ3v) is 6.52. The van der Waals surface area contributed by atoms with Gasteiger partial charge in [0.05, 0.1) is 6.10 Å². The Bertz CT molecular complexity index is 401. The van der Waals surface area contributed by atoms with E-state index in [2.05, 4.69) is 20.8 Å². The monoisotopic (exact) mass is 282 g/mol. The molecule has 2 N–H and O–H groups in total. The van der Waals surface area contributed by atoms with Gasteiger partial charge >= 0.3 is 0 Å². The van der Waals surface area contributed by atoms with Gasteiger partial charge in [0.25, 0.3) is 0 Å². The lowest BCUT2D eigenvalue weighted by Crippen LogP contribution is -2.53. The molecule has 0 saturated heterocycles. The first-order chi connectivity index (χ1) is 9.04. The Balaban J connectivity index is 2.15. The minimum Gasteiger partial charge on any atom is -0.393 e. The zero-order valence-electron chi connectivity index (χ0n) is 13.6. The van der Waals surface area contributed by atoms with Crippen LogP contribution in [0.25, 0.3) is 0 Å². The number of hydrogen-bond acceptors (Lipinski definition) is 3. The predicted octanol–water partition coefficient (Wildman–Crippen LogP) is 2.93. The van der Waals surface area contributed by atoms with Crippen LogP contribution < -0.4 is 0 Å². The second-order valence-electron chi connectivity index (χ2n) is 8.26. The number of carbonyl (C=O) groups excluding carboxylic acids is 1. The van der Waals surface area contributed by atoms with Crippen molar-refractivity contribution < 1.29 is 15.0 Å². The van der Waals surface area contributed by atoms with Crippen molar-refractivity contribution in [2.24, 2.45) is 22.7 Å². The number of aliphatic hydroxyl groups is 2. The lowest BCUT2D eigenvalue weighted by molar-refractivity contribution is -0.157. The lowest BCUT2D eigenvalue weighted by Gasteiger charge is -2.44. The predicted molar refractivity (Wildman–Crippen MR) is 79.3 cm³/mol. The zero-order chi connectivity index (χ0) is 15.3. The van der Waals surface area contributed by atoms with Gasteiger partial charge < -0.3 is 10.2 Å². The quantitative estimate of drug-likeness (QED) is 0.815. The molecular weight excluding hydrogens is 252 g/mol. The van der Waals surface area contributed by atoms with Crippen LogP contribution in [0.5, 0.6) is 0 Å². The second kappa shape index (κ2) is 4.81. The van der Waals surface area contributed by atoms with Crippen molar-refractivity contribution in [1.82, 2.24) is 0 Å². The molecule has 0 aromatic carbocycles. The first-order valence-corrected chi connectivity index (χ1v) is 7.98. The maximum absolute atomic E-state index is 12.6. The van der Waals surface area contributed by atoms with Crippen LogP contribution in [0.15, 0.2) is 0 Å². The fourth-order valence-corrected chi connectivity index (χ4v) is 4.71. The first kappa shape index (κ1) is 16.0. The van der Waals surface area contributed by atoms with Gasteiger partial charge in [-0.05, 0) is 42.9 Å². The molecule has 0 aromatic heterocycles. The molecule has 0 spiro atoms. The van der Waals surface area contributed by atoms with Gasteiger partial charge in [-0.25, -0.2) is 0 Å². The van der Waals surface area contributed by atoms with Gasteiger partial charge in [-0.3, -0.25) is 4.79 Å². The molecule has 2 saturated carbocycles.